The number of likely N-dealkylation sites (N-methyl/N-ethyl adjacent to an activating group) is 1. The molecular weight excluding hydrogens is 357 g/mol. The van der Waals surface area contributed by atoms with E-state index in [1.807, 2.05) is 24.1 Å². The number of aromatic nitrogens is 2. The fraction of sp³-hybridized carbons (Fsp3) is 0.263. The zero-order valence-corrected chi connectivity index (χ0v) is 15.3. The molecule has 0 saturated heterocycles. The van der Waals surface area contributed by atoms with Crippen molar-refractivity contribution < 1.29 is 13.7 Å². The van der Waals surface area contributed by atoms with E-state index < -0.39 is 0 Å². The van der Waals surface area contributed by atoms with Crippen LogP contribution in [0.2, 0.25) is 5.02 Å². The number of halogens is 2. The van der Waals surface area contributed by atoms with Crippen LogP contribution >= 0.6 is 11.6 Å². The molecule has 0 spiro atoms. The summed E-state index contributed by atoms with van der Waals surface area (Å²) in [7, 11) is 1.93. The molecule has 0 aliphatic carbocycles. The molecule has 0 amide bonds. The van der Waals surface area contributed by atoms with E-state index in [1.165, 1.54) is 6.07 Å². The van der Waals surface area contributed by atoms with Gasteiger partial charge in [0.05, 0.1) is 6.54 Å². The van der Waals surface area contributed by atoms with E-state index in [-0.39, 0.29) is 5.82 Å². The Kier molecular flexibility index (Phi) is 5.85. The average Bonchev–Trinajstić information content (AvgIpc) is 3.07. The normalized spacial score (nSPS) is 11.1. The second-order valence-electron chi connectivity index (χ2n) is 6.02. The van der Waals surface area contributed by atoms with Crippen molar-refractivity contribution in [3.05, 3.63) is 64.8 Å². The maximum atomic E-state index is 13.7. The molecule has 2 aromatic carbocycles. The lowest BCUT2D eigenvalue weighted by atomic mass is 10.1. The third-order valence-electron chi connectivity index (χ3n) is 3.86. The second-order valence-corrected chi connectivity index (χ2v) is 6.45. The van der Waals surface area contributed by atoms with Gasteiger partial charge in [0.2, 0.25) is 11.7 Å². The van der Waals surface area contributed by atoms with Crippen LogP contribution in [-0.4, -0.2) is 35.2 Å². The van der Waals surface area contributed by atoms with E-state index >= 15 is 0 Å². The number of hydrogen-bond acceptors (Lipinski definition) is 5. The van der Waals surface area contributed by atoms with Crippen molar-refractivity contribution in [2.75, 3.05) is 20.2 Å². The molecule has 0 aliphatic heterocycles. The lowest BCUT2D eigenvalue weighted by molar-refractivity contribution is 0.213. The van der Waals surface area contributed by atoms with Gasteiger partial charge in [-0.05, 0) is 49.9 Å². The zero-order chi connectivity index (χ0) is 18.5. The highest BCUT2D eigenvalue weighted by molar-refractivity contribution is 6.30. The summed E-state index contributed by atoms with van der Waals surface area (Å²) in [4.78, 5) is 6.33. The van der Waals surface area contributed by atoms with Gasteiger partial charge in [0, 0.05) is 17.1 Å². The number of aryl methyl sites for hydroxylation is 1. The Balaban J connectivity index is 1.51. The molecular formula is C19H19ClFN3O2. The van der Waals surface area contributed by atoms with E-state index in [0.29, 0.717) is 47.6 Å². The average molecular weight is 376 g/mol. The third kappa shape index (κ3) is 4.80. The van der Waals surface area contributed by atoms with E-state index in [4.69, 9.17) is 20.9 Å². The van der Waals surface area contributed by atoms with Crippen LogP contribution in [0, 0.1) is 12.7 Å². The number of hydrogen-bond donors (Lipinski definition) is 0. The van der Waals surface area contributed by atoms with E-state index in [1.54, 1.807) is 31.2 Å². The molecule has 3 rings (SSSR count). The van der Waals surface area contributed by atoms with E-state index in [0.717, 1.165) is 5.75 Å². The lowest BCUT2D eigenvalue weighted by Crippen LogP contribution is -2.24. The summed E-state index contributed by atoms with van der Waals surface area (Å²) >= 11 is 5.84. The summed E-state index contributed by atoms with van der Waals surface area (Å²) in [6.45, 7) is 3.38. The lowest BCUT2D eigenvalue weighted by Gasteiger charge is -2.14. The molecule has 0 radical (unpaired) electrons. The third-order valence-corrected chi connectivity index (χ3v) is 4.11. The van der Waals surface area contributed by atoms with Crippen molar-refractivity contribution in [2.45, 2.75) is 13.5 Å². The van der Waals surface area contributed by atoms with Crippen LogP contribution in [0.5, 0.6) is 5.75 Å². The number of rotatable bonds is 7. The van der Waals surface area contributed by atoms with Gasteiger partial charge in [-0.15, -0.1) is 0 Å². The first-order chi connectivity index (χ1) is 12.5. The van der Waals surface area contributed by atoms with Crippen molar-refractivity contribution >= 4 is 11.6 Å². The van der Waals surface area contributed by atoms with Crippen LogP contribution in [-0.2, 0) is 6.54 Å². The molecule has 5 nitrogen and oxygen atoms in total. The van der Waals surface area contributed by atoms with Gasteiger partial charge in [-0.1, -0.05) is 28.9 Å². The van der Waals surface area contributed by atoms with Gasteiger partial charge in [-0.25, -0.2) is 4.39 Å². The molecule has 0 N–H and O–H groups in total. The standard InChI is InChI=1S/C19H19ClFN3O2/c1-13-3-4-14(11-17(13)21)19-22-18(26-23-19)12-24(2)9-10-25-16-7-5-15(20)6-8-16/h3-8,11H,9-10,12H2,1-2H3. The molecule has 136 valence electrons. The first-order valence-electron chi connectivity index (χ1n) is 8.17. The molecule has 0 atom stereocenters. The van der Waals surface area contributed by atoms with Crippen LogP contribution in [0.4, 0.5) is 4.39 Å². The van der Waals surface area contributed by atoms with Crippen molar-refractivity contribution in [1.82, 2.24) is 15.0 Å². The summed E-state index contributed by atoms with van der Waals surface area (Å²) in [5, 5.41) is 4.60. The number of ether oxygens (including phenoxy) is 1. The predicted octanol–water partition coefficient (Wildman–Crippen LogP) is 4.35. The fourth-order valence-electron chi connectivity index (χ4n) is 2.33. The molecule has 7 heteroatoms. The monoisotopic (exact) mass is 375 g/mol. The molecule has 1 aromatic heterocycles. The molecule has 0 saturated carbocycles. The van der Waals surface area contributed by atoms with Crippen LogP contribution in [0.25, 0.3) is 11.4 Å². The summed E-state index contributed by atoms with van der Waals surface area (Å²) in [6.07, 6.45) is 0. The van der Waals surface area contributed by atoms with Gasteiger partial charge in [0.1, 0.15) is 18.2 Å². The Hall–Kier alpha value is -2.44. The van der Waals surface area contributed by atoms with Crippen molar-refractivity contribution in [3.63, 3.8) is 0 Å². The Morgan fingerprint density at radius 1 is 1.19 bits per heavy atom. The van der Waals surface area contributed by atoms with Gasteiger partial charge in [-0.3, -0.25) is 4.90 Å². The van der Waals surface area contributed by atoms with Crippen molar-refractivity contribution in [2.24, 2.45) is 0 Å². The van der Waals surface area contributed by atoms with Gasteiger partial charge < -0.3 is 9.26 Å². The smallest absolute Gasteiger partial charge is 0.241 e. The summed E-state index contributed by atoms with van der Waals surface area (Å²) < 4.78 is 24.6. The Bertz CT molecular complexity index is 867. The van der Waals surface area contributed by atoms with Crippen LogP contribution in [0.3, 0.4) is 0 Å². The molecule has 1 heterocycles. The second kappa shape index (κ2) is 8.29. The topological polar surface area (TPSA) is 51.4 Å². The van der Waals surface area contributed by atoms with Gasteiger partial charge in [-0.2, -0.15) is 4.98 Å². The van der Waals surface area contributed by atoms with Crippen LogP contribution in [0.1, 0.15) is 11.5 Å². The molecule has 26 heavy (non-hydrogen) atoms. The highest BCUT2D eigenvalue weighted by atomic mass is 35.5. The Morgan fingerprint density at radius 2 is 1.96 bits per heavy atom. The summed E-state index contributed by atoms with van der Waals surface area (Å²) in [5.74, 6) is 1.33. The number of benzene rings is 2. The predicted molar refractivity (Wildman–Crippen MR) is 97.7 cm³/mol. The van der Waals surface area contributed by atoms with Crippen LogP contribution in [0.15, 0.2) is 47.0 Å². The quantitative estimate of drug-likeness (QED) is 0.614. The molecule has 0 bridgehead atoms. The maximum Gasteiger partial charge on any atom is 0.241 e. The summed E-state index contributed by atoms with van der Waals surface area (Å²) in [5.41, 5.74) is 1.18. The largest absolute Gasteiger partial charge is 0.492 e. The van der Waals surface area contributed by atoms with Gasteiger partial charge in [0.15, 0.2) is 0 Å². The minimum Gasteiger partial charge on any atom is -0.492 e. The highest BCUT2D eigenvalue weighted by Gasteiger charge is 2.12. The number of nitrogens with zero attached hydrogens (tertiary/aromatic N) is 3. The van der Waals surface area contributed by atoms with E-state index in [9.17, 15) is 4.39 Å². The highest BCUT2D eigenvalue weighted by Crippen LogP contribution is 2.19. The van der Waals surface area contributed by atoms with E-state index in [2.05, 4.69) is 10.1 Å². The van der Waals surface area contributed by atoms with Gasteiger partial charge in [0.25, 0.3) is 0 Å². The molecule has 0 aliphatic rings. The van der Waals surface area contributed by atoms with Gasteiger partial charge >= 0.3 is 0 Å². The minimum absolute atomic E-state index is 0.287. The molecule has 0 fully saturated rings. The SMILES string of the molecule is Cc1ccc(-c2noc(CN(C)CCOc3ccc(Cl)cc3)n2)cc1F. The summed E-state index contributed by atoms with van der Waals surface area (Å²) in [6, 6.07) is 12.1. The van der Waals surface area contributed by atoms with Crippen LogP contribution < -0.4 is 4.74 Å². The van der Waals surface area contributed by atoms with Crippen molar-refractivity contribution in [3.8, 4) is 17.1 Å². The molecule has 3 aromatic rings. The Labute approximate surface area is 156 Å². The Morgan fingerprint density at radius 3 is 2.69 bits per heavy atom. The zero-order valence-electron chi connectivity index (χ0n) is 14.6. The maximum absolute atomic E-state index is 13.7. The first-order valence-corrected chi connectivity index (χ1v) is 8.55. The molecule has 0 unspecified atom stereocenters. The minimum atomic E-state index is -0.287. The fourth-order valence-corrected chi connectivity index (χ4v) is 2.45. The van der Waals surface area contributed by atoms with Crippen molar-refractivity contribution in [1.29, 1.82) is 0 Å². The first kappa shape index (κ1) is 18.4.